The van der Waals surface area contributed by atoms with Crippen molar-refractivity contribution >= 4 is 0 Å². The van der Waals surface area contributed by atoms with Gasteiger partial charge in [-0.25, -0.2) is 4.39 Å². The first kappa shape index (κ1) is 8.07. The maximum absolute atomic E-state index is 13.5. The number of hydrogen-bond donors (Lipinski definition) is 1. The zero-order chi connectivity index (χ0) is 12.8. The molecule has 1 aromatic rings. The molecular formula is C13H16FNO. The minimum atomic E-state index is -0.782. The number of rotatable bonds is 2. The molecule has 3 rings (SSSR count). The SMILES string of the molecule is [2H][C@H]1[C@H](Oc2ccccc2F)C[C@@H]2CNC[C@@]21[2H]. The lowest BCUT2D eigenvalue weighted by Crippen LogP contribution is -2.18. The van der Waals surface area contributed by atoms with E-state index in [9.17, 15) is 4.39 Å². The van der Waals surface area contributed by atoms with Crippen LogP contribution in [-0.4, -0.2) is 19.2 Å². The van der Waals surface area contributed by atoms with Crippen LogP contribution >= 0.6 is 0 Å². The van der Waals surface area contributed by atoms with Crippen LogP contribution in [0.15, 0.2) is 24.3 Å². The highest BCUT2D eigenvalue weighted by atomic mass is 19.1. The molecule has 1 saturated heterocycles. The van der Waals surface area contributed by atoms with E-state index in [1.807, 2.05) is 0 Å². The van der Waals surface area contributed by atoms with E-state index in [-0.39, 0.29) is 17.8 Å². The lowest BCUT2D eigenvalue weighted by atomic mass is 10.0. The number of halogens is 1. The minimum Gasteiger partial charge on any atom is -0.487 e. The van der Waals surface area contributed by atoms with Gasteiger partial charge in [0.05, 0.1) is 6.10 Å². The number of ether oxygens (including phenoxy) is 1. The second-order valence-corrected chi connectivity index (χ2v) is 4.39. The third-order valence-corrected chi connectivity index (χ3v) is 3.28. The molecule has 1 aromatic carbocycles. The second kappa shape index (κ2) is 4.06. The predicted molar refractivity (Wildman–Crippen MR) is 59.9 cm³/mol. The van der Waals surface area contributed by atoms with Crippen molar-refractivity contribution in [2.75, 3.05) is 13.1 Å². The molecule has 1 saturated carbocycles. The summed E-state index contributed by atoms with van der Waals surface area (Å²) in [6, 6.07) is 6.25. The highest BCUT2D eigenvalue weighted by Crippen LogP contribution is 2.36. The first-order valence-corrected chi connectivity index (χ1v) is 5.65. The highest BCUT2D eigenvalue weighted by Gasteiger charge is 2.38. The molecule has 3 heteroatoms. The van der Waals surface area contributed by atoms with Crippen LogP contribution in [0.3, 0.4) is 0 Å². The summed E-state index contributed by atoms with van der Waals surface area (Å²) in [5.41, 5.74) is 0. The van der Waals surface area contributed by atoms with Gasteiger partial charge in [0, 0.05) is 2.74 Å². The van der Waals surface area contributed by atoms with E-state index < -0.39 is 18.1 Å². The van der Waals surface area contributed by atoms with Crippen molar-refractivity contribution in [1.82, 2.24) is 5.32 Å². The Balaban J connectivity index is 1.78. The van der Waals surface area contributed by atoms with E-state index in [4.69, 9.17) is 7.48 Å². The molecule has 1 aliphatic carbocycles. The van der Waals surface area contributed by atoms with Crippen LogP contribution in [0.25, 0.3) is 0 Å². The molecule has 1 N–H and O–H groups in total. The molecular weight excluding hydrogens is 205 g/mol. The van der Waals surface area contributed by atoms with E-state index >= 15 is 0 Å². The fourth-order valence-corrected chi connectivity index (χ4v) is 2.47. The second-order valence-electron chi connectivity index (χ2n) is 4.39. The fourth-order valence-electron chi connectivity index (χ4n) is 2.47. The molecule has 1 aliphatic heterocycles. The van der Waals surface area contributed by atoms with Crippen molar-refractivity contribution in [3.63, 3.8) is 0 Å². The van der Waals surface area contributed by atoms with E-state index in [0.29, 0.717) is 13.0 Å². The summed E-state index contributed by atoms with van der Waals surface area (Å²) in [5.74, 6) is -0.859. The largest absolute Gasteiger partial charge is 0.487 e. The van der Waals surface area contributed by atoms with Gasteiger partial charge in [-0.2, -0.15) is 0 Å². The first-order chi connectivity index (χ1) is 8.61. The summed E-state index contributed by atoms with van der Waals surface area (Å²) >= 11 is 0. The topological polar surface area (TPSA) is 21.3 Å². The zero-order valence-corrected chi connectivity index (χ0v) is 8.95. The molecule has 2 aliphatic rings. The maximum Gasteiger partial charge on any atom is 0.165 e. The van der Waals surface area contributed by atoms with Gasteiger partial charge in [0.15, 0.2) is 11.6 Å². The quantitative estimate of drug-likeness (QED) is 0.830. The lowest BCUT2D eigenvalue weighted by molar-refractivity contribution is 0.191. The molecule has 4 atom stereocenters. The highest BCUT2D eigenvalue weighted by molar-refractivity contribution is 5.24. The van der Waals surface area contributed by atoms with Gasteiger partial charge < -0.3 is 10.1 Å². The predicted octanol–water partition coefficient (Wildman–Crippen LogP) is 2.20. The monoisotopic (exact) mass is 223 g/mol. The van der Waals surface area contributed by atoms with E-state index in [1.165, 1.54) is 6.07 Å². The van der Waals surface area contributed by atoms with Crippen LogP contribution in [0.5, 0.6) is 5.75 Å². The zero-order valence-electron chi connectivity index (χ0n) is 10.9. The molecule has 0 aromatic heterocycles. The molecule has 16 heavy (non-hydrogen) atoms. The van der Waals surface area contributed by atoms with E-state index in [2.05, 4.69) is 5.32 Å². The van der Waals surface area contributed by atoms with E-state index in [1.54, 1.807) is 18.2 Å². The van der Waals surface area contributed by atoms with Crippen molar-refractivity contribution in [2.24, 2.45) is 11.8 Å². The number of fused-ring (bicyclic) bond motifs is 1. The number of hydrogen-bond acceptors (Lipinski definition) is 2. The van der Waals surface area contributed by atoms with Crippen LogP contribution in [0.1, 0.15) is 15.6 Å². The molecule has 2 nitrogen and oxygen atoms in total. The Morgan fingerprint density at radius 2 is 2.31 bits per heavy atom. The van der Waals surface area contributed by atoms with E-state index in [0.717, 1.165) is 6.54 Å². The van der Waals surface area contributed by atoms with Gasteiger partial charge in [-0.05, 0) is 49.9 Å². The summed E-state index contributed by atoms with van der Waals surface area (Å²) in [4.78, 5) is 0. The summed E-state index contributed by atoms with van der Waals surface area (Å²) < 4.78 is 35.6. The van der Waals surface area contributed by atoms with Crippen LogP contribution in [0, 0.1) is 17.6 Å². The summed E-state index contributed by atoms with van der Waals surface area (Å²) in [5, 5.41) is 3.15. The average molecular weight is 223 g/mol. The Morgan fingerprint density at radius 3 is 3.12 bits per heavy atom. The lowest BCUT2D eigenvalue weighted by Gasteiger charge is -2.15. The Bertz CT molecular complexity index is 458. The standard InChI is InChI=1S/C13H16FNO/c14-12-3-1-2-4-13(12)16-11-5-9-7-15-8-10(9)6-11/h1-4,9-11,15H,5-8H2/t9-,10+,11-/i5D,9D/t5-,9+,10-,11+/m1/s1. The molecule has 86 valence electrons. The van der Waals surface area contributed by atoms with Crippen LogP contribution in [-0.2, 0) is 0 Å². The van der Waals surface area contributed by atoms with Crippen LogP contribution in [0.2, 0.25) is 0 Å². The number of nitrogens with one attached hydrogen (secondary N) is 1. The Labute approximate surface area is 97.6 Å². The Kier molecular flexibility index (Phi) is 2.04. The summed E-state index contributed by atoms with van der Waals surface area (Å²) in [7, 11) is 0. The Morgan fingerprint density at radius 1 is 1.44 bits per heavy atom. The van der Waals surface area contributed by atoms with Gasteiger partial charge in [-0.3, -0.25) is 0 Å². The average Bonchev–Trinajstić information content (AvgIpc) is 2.82. The molecule has 0 unspecified atom stereocenters. The third kappa shape index (κ3) is 1.80. The Hall–Kier alpha value is -1.09. The molecule has 1 heterocycles. The molecule has 0 radical (unpaired) electrons. The van der Waals surface area contributed by atoms with Gasteiger partial charge in [-0.15, -0.1) is 0 Å². The number of benzene rings is 1. The minimum absolute atomic E-state index is 0.136. The van der Waals surface area contributed by atoms with Gasteiger partial charge in [-0.1, -0.05) is 12.1 Å². The first-order valence-electron chi connectivity index (χ1n) is 6.73. The van der Waals surface area contributed by atoms with Gasteiger partial charge in [0.1, 0.15) is 0 Å². The van der Waals surface area contributed by atoms with Crippen molar-refractivity contribution < 1.29 is 11.9 Å². The van der Waals surface area contributed by atoms with Crippen molar-refractivity contribution in [3.8, 4) is 5.75 Å². The van der Waals surface area contributed by atoms with Crippen molar-refractivity contribution in [2.45, 2.75) is 18.9 Å². The normalized spacial score (nSPS) is 43.7. The number of para-hydroxylation sites is 1. The molecule has 0 amide bonds. The van der Waals surface area contributed by atoms with Crippen LogP contribution < -0.4 is 10.1 Å². The van der Waals surface area contributed by atoms with Gasteiger partial charge in [0.25, 0.3) is 0 Å². The molecule has 0 spiro atoms. The van der Waals surface area contributed by atoms with Gasteiger partial charge >= 0.3 is 0 Å². The summed E-state index contributed by atoms with van der Waals surface area (Å²) in [6.07, 6.45) is -0.359. The molecule has 0 bridgehead atoms. The van der Waals surface area contributed by atoms with Crippen molar-refractivity contribution in [1.29, 1.82) is 0 Å². The maximum atomic E-state index is 13.5. The van der Waals surface area contributed by atoms with Crippen molar-refractivity contribution in [3.05, 3.63) is 30.1 Å². The summed E-state index contributed by atoms with van der Waals surface area (Å²) in [6.45, 7) is 1.29. The smallest absolute Gasteiger partial charge is 0.165 e. The molecule has 2 fully saturated rings. The third-order valence-electron chi connectivity index (χ3n) is 3.28. The van der Waals surface area contributed by atoms with Crippen LogP contribution in [0.4, 0.5) is 4.39 Å². The van der Waals surface area contributed by atoms with Gasteiger partial charge in [0.2, 0.25) is 0 Å². The fraction of sp³-hybridized carbons (Fsp3) is 0.538.